The number of nitriles is 1. The lowest BCUT2D eigenvalue weighted by Gasteiger charge is -2.21. The molecule has 1 aromatic heterocycles. The molecule has 8 heteroatoms. The predicted octanol–water partition coefficient (Wildman–Crippen LogP) is 0.933. The molecule has 0 aliphatic carbocycles. The highest BCUT2D eigenvalue weighted by atomic mass is 19.4. The summed E-state index contributed by atoms with van der Waals surface area (Å²) in [5, 5.41) is 8.41. The predicted molar refractivity (Wildman–Crippen MR) is 46.3 cm³/mol. The van der Waals surface area contributed by atoms with Crippen LogP contribution in [0.3, 0.4) is 0 Å². The van der Waals surface area contributed by atoms with Gasteiger partial charge in [-0.05, 0) is 0 Å². The van der Waals surface area contributed by atoms with Crippen LogP contribution in [0.2, 0.25) is 0 Å². The summed E-state index contributed by atoms with van der Waals surface area (Å²) in [5.74, 6) is -4.66. The molecule has 0 unspecified atom stereocenters. The Hall–Kier alpha value is -1.65. The number of aromatic nitrogens is 1. The second-order valence-corrected chi connectivity index (χ2v) is 3.47. The van der Waals surface area contributed by atoms with Gasteiger partial charge in [-0.3, -0.25) is 0 Å². The quantitative estimate of drug-likeness (QED) is 0.554. The van der Waals surface area contributed by atoms with Gasteiger partial charge in [0.05, 0.1) is 11.6 Å². The Labute approximate surface area is 88.2 Å². The van der Waals surface area contributed by atoms with Gasteiger partial charge in [0.1, 0.15) is 12.4 Å². The Kier molecular flexibility index (Phi) is 3.17. The molecule has 0 spiro atoms. The third-order valence-electron chi connectivity index (χ3n) is 2.14. The summed E-state index contributed by atoms with van der Waals surface area (Å²) in [5.41, 5.74) is 0.207. The number of rotatable bonds is 2. The molecule has 0 aliphatic heterocycles. The lowest BCUT2D eigenvalue weighted by Crippen LogP contribution is -2.56. The molecule has 0 N–H and O–H groups in total. The molecule has 0 bridgehead atoms. The van der Waals surface area contributed by atoms with Gasteiger partial charge in [-0.2, -0.15) is 18.4 Å². The normalized spacial score (nSPS) is 12.2. The molecule has 86 valence electrons. The van der Waals surface area contributed by atoms with E-state index in [1.807, 2.05) is 0 Å². The highest BCUT2D eigenvalue weighted by molar-refractivity contribution is 6.28. The van der Waals surface area contributed by atoms with E-state index < -0.39 is 19.4 Å². The zero-order chi connectivity index (χ0) is 12.4. The third-order valence-corrected chi connectivity index (χ3v) is 2.14. The van der Waals surface area contributed by atoms with Gasteiger partial charge < -0.3 is 4.48 Å². The van der Waals surface area contributed by atoms with Crippen LogP contribution in [0.15, 0.2) is 24.5 Å². The van der Waals surface area contributed by atoms with E-state index in [-0.39, 0.29) is 5.56 Å². The average Bonchev–Trinajstić information content (AvgIpc) is 2.16. The first-order valence-corrected chi connectivity index (χ1v) is 4.38. The van der Waals surface area contributed by atoms with E-state index in [9.17, 15) is 22.0 Å². The van der Waals surface area contributed by atoms with Gasteiger partial charge in [0.15, 0.2) is 0 Å². The van der Waals surface area contributed by atoms with Crippen LogP contribution in [0.25, 0.3) is 0 Å². The van der Waals surface area contributed by atoms with Crippen molar-refractivity contribution >= 4 is 7.41 Å². The van der Waals surface area contributed by atoms with Crippen LogP contribution in [0.4, 0.5) is 22.0 Å². The summed E-state index contributed by atoms with van der Waals surface area (Å²) in [6.07, 6.45) is -3.41. The Morgan fingerprint density at radius 3 is 2.00 bits per heavy atom. The van der Waals surface area contributed by atoms with Crippen LogP contribution < -0.4 is 4.48 Å². The molecule has 1 heterocycles. The van der Waals surface area contributed by atoms with Crippen molar-refractivity contribution in [2.24, 2.45) is 0 Å². The number of alkyl halides is 5. The van der Waals surface area contributed by atoms with Crippen molar-refractivity contribution in [1.29, 1.82) is 5.26 Å². The van der Waals surface area contributed by atoms with Crippen molar-refractivity contribution in [1.82, 2.24) is 0 Å². The monoisotopic (exact) mass is 236 g/mol. The Morgan fingerprint density at radius 1 is 1.12 bits per heavy atom. The number of nitrogens with zero attached hydrogens (tertiary/aromatic N) is 2. The van der Waals surface area contributed by atoms with Gasteiger partial charge in [0, 0.05) is 12.1 Å². The largest absolute Gasteiger partial charge is 0.427 e. The summed E-state index contributed by atoms with van der Waals surface area (Å²) in [6.45, 7) is 0. The Morgan fingerprint density at radius 2 is 1.62 bits per heavy atom. The van der Waals surface area contributed by atoms with E-state index in [4.69, 9.17) is 5.26 Å². The maximum atomic E-state index is 12.6. The first-order chi connectivity index (χ1) is 7.26. The Bertz CT molecular complexity index is 406. The molecule has 1 rings (SSSR count). The van der Waals surface area contributed by atoms with Crippen LogP contribution in [0.1, 0.15) is 5.56 Å². The highest BCUT2D eigenvalue weighted by Crippen LogP contribution is 2.33. The molecule has 0 fully saturated rings. The van der Waals surface area contributed by atoms with E-state index >= 15 is 0 Å². The fourth-order valence-corrected chi connectivity index (χ4v) is 1.18. The minimum Gasteiger partial charge on any atom is -0.427 e. The molecule has 0 aromatic carbocycles. The maximum Gasteiger partial charge on any atom is 0.423 e. The first-order valence-electron chi connectivity index (χ1n) is 4.38. The van der Waals surface area contributed by atoms with Gasteiger partial charge >= 0.3 is 13.6 Å². The molecule has 16 heavy (non-hydrogen) atoms. The molecule has 0 atom stereocenters. The minimum absolute atomic E-state index is 0.207. The van der Waals surface area contributed by atoms with Gasteiger partial charge in [0.25, 0.3) is 5.82 Å². The third kappa shape index (κ3) is 2.69. The van der Waals surface area contributed by atoms with E-state index in [0.717, 1.165) is 16.9 Å². The topological polar surface area (TPSA) is 27.7 Å². The summed E-state index contributed by atoms with van der Waals surface area (Å²) >= 11 is 0. The average molecular weight is 236 g/mol. The van der Waals surface area contributed by atoms with Crippen LogP contribution in [0.5, 0.6) is 0 Å². The highest BCUT2D eigenvalue weighted by Gasteiger charge is 2.55. The fourth-order valence-electron chi connectivity index (χ4n) is 1.18. The van der Waals surface area contributed by atoms with Crippen molar-refractivity contribution in [3.8, 4) is 6.07 Å². The maximum absolute atomic E-state index is 12.6. The van der Waals surface area contributed by atoms with Crippen molar-refractivity contribution in [3.05, 3.63) is 30.1 Å². The molecule has 0 saturated carbocycles. The van der Waals surface area contributed by atoms with Crippen molar-refractivity contribution in [2.75, 3.05) is 0 Å². The van der Waals surface area contributed by atoms with E-state index in [1.54, 1.807) is 6.07 Å². The van der Waals surface area contributed by atoms with Crippen molar-refractivity contribution in [3.63, 3.8) is 0 Å². The van der Waals surface area contributed by atoms with Crippen LogP contribution >= 0.6 is 0 Å². The number of halogens is 5. The molecule has 2 nitrogen and oxygen atoms in total. The van der Waals surface area contributed by atoms with Crippen molar-refractivity contribution < 1.29 is 26.4 Å². The standard InChI is InChI=1S/C8H6BF5N2/c10-7(11,8(12,13)14)9-16-3-1-6(5-15)2-4-16/h1-4H,9H2. The first kappa shape index (κ1) is 12.4. The fraction of sp³-hybridized carbons (Fsp3) is 0.250. The number of hydrogen-bond acceptors (Lipinski definition) is 1. The summed E-state index contributed by atoms with van der Waals surface area (Å²) in [4.78, 5) is 0. The second kappa shape index (κ2) is 4.08. The summed E-state index contributed by atoms with van der Waals surface area (Å²) in [7, 11) is -2.73. The second-order valence-electron chi connectivity index (χ2n) is 3.47. The van der Waals surface area contributed by atoms with Crippen molar-refractivity contribution in [2.45, 2.75) is 12.0 Å². The summed E-state index contributed by atoms with van der Waals surface area (Å²) < 4.78 is 61.7. The molecule has 0 amide bonds. The van der Waals surface area contributed by atoms with Crippen LogP contribution in [-0.4, -0.2) is 19.4 Å². The molecule has 0 aliphatic rings. The molecule has 0 radical (unpaired) electrons. The van der Waals surface area contributed by atoms with Gasteiger partial charge in [-0.25, -0.2) is 8.78 Å². The van der Waals surface area contributed by atoms with Crippen LogP contribution in [-0.2, 0) is 0 Å². The number of pyridine rings is 1. The van der Waals surface area contributed by atoms with E-state index in [2.05, 4.69) is 0 Å². The number of hydrogen-bond donors (Lipinski definition) is 0. The smallest absolute Gasteiger partial charge is 0.423 e. The zero-order valence-corrected chi connectivity index (χ0v) is 8.09. The molecular formula is C8H6BF5N2. The minimum atomic E-state index is -5.52. The lowest BCUT2D eigenvalue weighted by molar-refractivity contribution is -0.540. The van der Waals surface area contributed by atoms with Crippen LogP contribution in [0, 0.1) is 11.3 Å². The molecular weight excluding hydrogens is 230 g/mol. The lowest BCUT2D eigenvalue weighted by atomic mass is 9.82. The van der Waals surface area contributed by atoms with Gasteiger partial charge in [-0.15, -0.1) is 0 Å². The van der Waals surface area contributed by atoms with E-state index in [0.29, 0.717) is 0 Å². The Balaban J connectivity index is 2.85. The van der Waals surface area contributed by atoms with Gasteiger partial charge in [-0.1, -0.05) is 0 Å². The zero-order valence-electron chi connectivity index (χ0n) is 8.09. The molecule has 1 aromatic rings. The SMILES string of the molecule is N#Cc1cc[n+]([BH2-]C(F)(F)C(F)(F)F)cc1. The summed E-state index contributed by atoms with van der Waals surface area (Å²) in [6, 6.07) is 4.12. The van der Waals surface area contributed by atoms with E-state index in [1.165, 1.54) is 12.1 Å². The van der Waals surface area contributed by atoms with Gasteiger partial charge in [0.2, 0.25) is 0 Å². The molecule has 0 saturated heterocycles.